The molecule has 0 aliphatic carbocycles. The molecule has 1 heterocycles. The number of nitro benzene ring substituents is 1. The third kappa shape index (κ3) is 6.73. The number of rotatable bonds is 11. The van der Waals surface area contributed by atoms with Crippen LogP contribution in [0.5, 0.6) is 28.7 Å². The highest BCUT2D eigenvalue weighted by Crippen LogP contribution is 2.39. The van der Waals surface area contributed by atoms with E-state index in [-0.39, 0.29) is 35.4 Å². The lowest BCUT2D eigenvalue weighted by Crippen LogP contribution is -2.07. The molecular weight excluding hydrogens is 548 g/mol. The van der Waals surface area contributed by atoms with Gasteiger partial charge >= 0.3 is 11.9 Å². The maximum atomic E-state index is 12.6. The zero-order valence-electron chi connectivity index (χ0n) is 23.1. The second kappa shape index (κ2) is 13.1. The fourth-order valence-electron chi connectivity index (χ4n) is 3.91. The average molecular weight is 575 g/mol. The van der Waals surface area contributed by atoms with Crippen molar-refractivity contribution in [1.82, 2.24) is 0 Å². The molecule has 42 heavy (non-hydrogen) atoms. The molecular formula is C30H26N2O10. The predicted molar refractivity (Wildman–Crippen MR) is 152 cm³/mol. The first kappa shape index (κ1) is 29.3. The molecule has 0 saturated heterocycles. The third-order valence-corrected chi connectivity index (χ3v) is 5.81. The molecule has 12 heteroatoms. The number of esters is 2. The fraction of sp³-hybridized carbons (Fsp3) is 0.167. The van der Waals surface area contributed by atoms with Crippen molar-refractivity contribution in [2.24, 2.45) is 4.99 Å². The summed E-state index contributed by atoms with van der Waals surface area (Å²) >= 11 is 0. The molecule has 1 aliphatic rings. The molecule has 0 radical (unpaired) electrons. The largest absolute Gasteiger partial charge is 0.493 e. The number of hydrogen-bond donors (Lipinski definition) is 0. The van der Waals surface area contributed by atoms with E-state index in [9.17, 15) is 19.7 Å². The van der Waals surface area contributed by atoms with Gasteiger partial charge in [0, 0.05) is 23.8 Å². The molecule has 0 saturated carbocycles. The van der Waals surface area contributed by atoms with Crippen LogP contribution in [0.1, 0.15) is 23.6 Å². The van der Waals surface area contributed by atoms with Gasteiger partial charge in [-0.05, 0) is 54.5 Å². The molecule has 0 amide bonds. The quantitative estimate of drug-likeness (QED) is 0.101. The second-order valence-corrected chi connectivity index (χ2v) is 8.50. The summed E-state index contributed by atoms with van der Waals surface area (Å²) in [7, 11) is 4.42. The van der Waals surface area contributed by atoms with Crippen LogP contribution in [0.15, 0.2) is 71.4 Å². The van der Waals surface area contributed by atoms with Crippen molar-refractivity contribution in [1.29, 1.82) is 0 Å². The van der Waals surface area contributed by atoms with E-state index in [0.717, 1.165) is 6.08 Å². The fourth-order valence-corrected chi connectivity index (χ4v) is 3.91. The summed E-state index contributed by atoms with van der Waals surface area (Å²) in [5.41, 5.74) is 1.37. The van der Waals surface area contributed by atoms with Gasteiger partial charge in [0.15, 0.2) is 28.7 Å². The SMILES string of the molecule is CCOc1cc(/C=C2\N=C(c3cc(OC)c(OC)c(OC)c3)OC2=O)ccc1OC(=O)/C=C/c1cccc([N+](=O)[O-])c1. The highest BCUT2D eigenvalue weighted by Gasteiger charge is 2.27. The van der Waals surface area contributed by atoms with Crippen molar-refractivity contribution >= 4 is 35.7 Å². The molecule has 0 spiro atoms. The first-order chi connectivity index (χ1) is 20.3. The van der Waals surface area contributed by atoms with Crippen LogP contribution in [0.4, 0.5) is 5.69 Å². The van der Waals surface area contributed by atoms with Crippen molar-refractivity contribution in [3.63, 3.8) is 0 Å². The number of carbonyl (C=O) groups excluding carboxylic acids is 2. The number of aliphatic imine (C=N–C) groups is 1. The summed E-state index contributed by atoms with van der Waals surface area (Å²) in [6, 6.07) is 13.8. The Labute approximate surface area is 240 Å². The zero-order valence-corrected chi connectivity index (χ0v) is 23.1. The van der Waals surface area contributed by atoms with E-state index in [1.807, 2.05) is 0 Å². The van der Waals surface area contributed by atoms with Gasteiger partial charge < -0.3 is 28.4 Å². The highest BCUT2D eigenvalue weighted by molar-refractivity contribution is 6.13. The maximum absolute atomic E-state index is 12.6. The smallest absolute Gasteiger partial charge is 0.363 e. The standard InChI is InChI=1S/C30H26N2O10/c1-5-40-24-15-19(9-11-23(24)41-27(33)12-10-18-7-6-8-21(13-18)32(35)36)14-22-30(34)42-29(31-22)20-16-25(37-2)28(39-4)26(17-20)38-3/h6-17H,5H2,1-4H3/b12-10+,22-14-. The van der Waals surface area contributed by atoms with Gasteiger partial charge in [0.25, 0.3) is 5.69 Å². The van der Waals surface area contributed by atoms with Gasteiger partial charge in [-0.3, -0.25) is 10.1 Å². The van der Waals surface area contributed by atoms with Gasteiger partial charge in [0.2, 0.25) is 11.6 Å². The molecule has 216 valence electrons. The molecule has 1 aliphatic heterocycles. The first-order valence-electron chi connectivity index (χ1n) is 12.5. The number of hydrogen-bond acceptors (Lipinski definition) is 11. The normalized spacial score (nSPS) is 13.5. The first-order valence-corrected chi connectivity index (χ1v) is 12.5. The summed E-state index contributed by atoms with van der Waals surface area (Å²) in [5.74, 6) is 0.187. The predicted octanol–water partition coefficient (Wildman–Crippen LogP) is 4.98. The Balaban J connectivity index is 1.56. The Hall–Kier alpha value is -5.65. The van der Waals surface area contributed by atoms with Gasteiger partial charge in [-0.2, -0.15) is 0 Å². The Bertz CT molecular complexity index is 1600. The minimum atomic E-state index is -0.715. The van der Waals surface area contributed by atoms with Crippen molar-refractivity contribution in [3.8, 4) is 28.7 Å². The maximum Gasteiger partial charge on any atom is 0.363 e. The molecule has 0 fully saturated rings. The third-order valence-electron chi connectivity index (χ3n) is 5.81. The van der Waals surface area contributed by atoms with E-state index in [1.165, 1.54) is 57.7 Å². The van der Waals surface area contributed by atoms with E-state index in [0.29, 0.717) is 33.9 Å². The molecule has 0 bridgehead atoms. The molecule has 0 unspecified atom stereocenters. The van der Waals surface area contributed by atoms with Crippen LogP contribution < -0.4 is 23.7 Å². The monoisotopic (exact) mass is 574 g/mol. The van der Waals surface area contributed by atoms with Gasteiger partial charge in [0.1, 0.15) is 0 Å². The van der Waals surface area contributed by atoms with Crippen LogP contribution in [0.3, 0.4) is 0 Å². The van der Waals surface area contributed by atoms with Crippen molar-refractivity contribution in [3.05, 3.63) is 93.2 Å². The molecule has 0 atom stereocenters. The average Bonchev–Trinajstić information content (AvgIpc) is 3.36. The number of methoxy groups -OCH3 is 3. The summed E-state index contributed by atoms with van der Waals surface area (Å²) in [6.07, 6.45) is 4.06. The number of nitrogens with zero attached hydrogens (tertiary/aromatic N) is 2. The highest BCUT2D eigenvalue weighted by atomic mass is 16.6. The van der Waals surface area contributed by atoms with E-state index >= 15 is 0 Å². The minimum Gasteiger partial charge on any atom is -0.493 e. The van der Waals surface area contributed by atoms with Crippen LogP contribution in [-0.4, -0.2) is 50.7 Å². The Morgan fingerprint density at radius 3 is 2.33 bits per heavy atom. The Kier molecular flexibility index (Phi) is 9.17. The van der Waals surface area contributed by atoms with E-state index in [1.54, 1.807) is 37.3 Å². The number of nitro groups is 1. The number of cyclic esters (lactones) is 1. The summed E-state index contributed by atoms with van der Waals surface area (Å²) in [6.45, 7) is 2.04. The summed E-state index contributed by atoms with van der Waals surface area (Å²) in [4.78, 5) is 39.9. The number of benzene rings is 3. The van der Waals surface area contributed by atoms with Gasteiger partial charge in [0.05, 0.1) is 32.9 Å². The summed E-state index contributed by atoms with van der Waals surface area (Å²) in [5, 5.41) is 11.0. The van der Waals surface area contributed by atoms with Crippen molar-refractivity contribution in [2.45, 2.75) is 6.92 Å². The molecule has 4 rings (SSSR count). The van der Waals surface area contributed by atoms with E-state index in [2.05, 4.69) is 4.99 Å². The van der Waals surface area contributed by atoms with Gasteiger partial charge in [-0.1, -0.05) is 18.2 Å². The van der Waals surface area contributed by atoms with Crippen LogP contribution in [-0.2, 0) is 14.3 Å². The summed E-state index contributed by atoms with van der Waals surface area (Å²) < 4.78 is 32.5. The topological polar surface area (TPSA) is 145 Å². The van der Waals surface area contributed by atoms with E-state index < -0.39 is 16.9 Å². The van der Waals surface area contributed by atoms with Gasteiger partial charge in [-0.25, -0.2) is 14.6 Å². The van der Waals surface area contributed by atoms with Crippen molar-refractivity contribution in [2.75, 3.05) is 27.9 Å². The molecule has 3 aromatic carbocycles. The molecule has 0 aromatic heterocycles. The van der Waals surface area contributed by atoms with Crippen LogP contribution in [0.25, 0.3) is 12.2 Å². The molecule has 0 N–H and O–H groups in total. The molecule has 3 aromatic rings. The molecule has 12 nitrogen and oxygen atoms in total. The minimum absolute atomic E-state index is 0.0332. The van der Waals surface area contributed by atoms with Crippen molar-refractivity contribution < 1.29 is 42.9 Å². The van der Waals surface area contributed by atoms with Gasteiger partial charge in [-0.15, -0.1) is 0 Å². The van der Waals surface area contributed by atoms with Crippen LogP contribution >= 0.6 is 0 Å². The lowest BCUT2D eigenvalue weighted by molar-refractivity contribution is -0.384. The lowest BCUT2D eigenvalue weighted by Gasteiger charge is -2.13. The van der Waals surface area contributed by atoms with Crippen LogP contribution in [0, 0.1) is 10.1 Å². The Morgan fingerprint density at radius 1 is 0.952 bits per heavy atom. The van der Waals surface area contributed by atoms with E-state index in [4.69, 9.17) is 28.4 Å². The second-order valence-electron chi connectivity index (χ2n) is 8.50. The lowest BCUT2D eigenvalue weighted by atomic mass is 10.1. The number of carbonyl (C=O) groups is 2. The number of non-ortho nitro benzene ring substituents is 1. The van der Waals surface area contributed by atoms with Crippen LogP contribution in [0.2, 0.25) is 0 Å². The zero-order chi connectivity index (χ0) is 30.2. The Morgan fingerprint density at radius 2 is 1.69 bits per heavy atom. The number of ether oxygens (including phenoxy) is 6.